The highest BCUT2D eigenvalue weighted by molar-refractivity contribution is 7.15. The molecule has 0 spiro atoms. The van der Waals surface area contributed by atoms with Crippen molar-refractivity contribution in [2.24, 2.45) is 16.7 Å². The number of para-hydroxylation sites is 1. The molecule has 0 saturated heterocycles. The Labute approximate surface area is 228 Å². The van der Waals surface area contributed by atoms with Gasteiger partial charge < -0.3 is 20.3 Å². The lowest BCUT2D eigenvalue weighted by Gasteiger charge is -2.58. The molecule has 38 heavy (non-hydrogen) atoms. The second-order valence-corrected chi connectivity index (χ2v) is 12.8. The molecule has 5 rings (SSSR count). The van der Waals surface area contributed by atoms with Crippen LogP contribution in [-0.4, -0.2) is 52.4 Å². The van der Waals surface area contributed by atoms with Crippen molar-refractivity contribution in [2.45, 2.75) is 83.3 Å². The van der Waals surface area contributed by atoms with Gasteiger partial charge in [-0.3, -0.25) is 14.9 Å². The number of thiazole rings is 1. The van der Waals surface area contributed by atoms with E-state index in [0.29, 0.717) is 30.1 Å². The fourth-order valence-corrected chi connectivity index (χ4v) is 8.15. The lowest BCUT2D eigenvalue weighted by Crippen LogP contribution is -2.57. The quantitative estimate of drug-likeness (QED) is 0.401. The Kier molecular flexibility index (Phi) is 7.80. The summed E-state index contributed by atoms with van der Waals surface area (Å²) in [6.07, 6.45) is 6.01. The Hall–Kier alpha value is -2.49. The predicted octanol–water partition coefficient (Wildman–Crippen LogP) is 4.03. The maximum atomic E-state index is 13.3. The van der Waals surface area contributed by atoms with E-state index in [0.717, 1.165) is 42.7 Å². The second kappa shape index (κ2) is 10.9. The number of hydrogen-bond acceptors (Lipinski definition) is 7. The number of fused-ring (bicyclic) bond motifs is 2. The van der Waals surface area contributed by atoms with Crippen LogP contribution < -0.4 is 15.4 Å². The van der Waals surface area contributed by atoms with E-state index in [1.54, 1.807) is 12.1 Å². The fourth-order valence-electron chi connectivity index (χ4n) is 7.06. The normalized spacial score (nSPS) is 30.8. The SMILES string of the molecule is CC1(CO)C(O)CCC2(C)C(CC(=O)NC3CCCC3)c3nc(NC(=O)COc4ccccc4)sc3CC12. The van der Waals surface area contributed by atoms with E-state index in [1.165, 1.54) is 11.3 Å². The minimum absolute atomic E-state index is 0.0223. The van der Waals surface area contributed by atoms with Gasteiger partial charge >= 0.3 is 0 Å². The number of aromatic nitrogens is 1. The minimum atomic E-state index is -0.679. The number of aliphatic hydroxyl groups is 2. The molecule has 5 unspecified atom stereocenters. The van der Waals surface area contributed by atoms with E-state index in [2.05, 4.69) is 17.6 Å². The molecule has 2 fully saturated rings. The van der Waals surface area contributed by atoms with Crippen LogP contribution in [-0.2, 0) is 16.0 Å². The smallest absolute Gasteiger partial charge is 0.264 e. The van der Waals surface area contributed by atoms with Crippen LogP contribution in [0, 0.1) is 16.7 Å². The van der Waals surface area contributed by atoms with Crippen LogP contribution in [0.4, 0.5) is 5.13 Å². The molecule has 4 N–H and O–H groups in total. The molecule has 3 aliphatic carbocycles. The molecule has 1 aromatic carbocycles. The van der Waals surface area contributed by atoms with Crippen molar-refractivity contribution in [2.75, 3.05) is 18.5 Å². The summed E-state index contributed by atoms with van der Waals surface area (Å²) in [5.41, 5.74) is -0.129. The summed E-state index contributed by atoms with van der Waals surface area (Å²) in [5, 5.41) is 28.0. The second-order valence-electron chi connectivity index (χ2n) is 11.8. The van der Waals surface area contributed by atoms with Gasteiger partial charge in [-0.25, -0.2) is 4.98 Å². The van der Waals surface area contributed by atoms with Gasteiger partial charge in [0.15, 0.2) is 11.7 Å². The first-order valence-electron chi connectivity index (χ1n) is 13.8. The van der Waals surface area contributed by atoms with Crippen LogP contribution in [0.15, 0.2) is 30.3 Å². The third kappa shape index (κ3) is 5.20. The number of nitrogens with zero attached hydrogens (tertiary/aromatic N) is 1. The molecular formula is C29H39N3O5S. The highest BCUT2D eigenvalue weighted by atomic mass is 32.1. The topological polar surface area (TPSA) is 121 Å². The van der Waals surface area contributed by atoms with Crippen molar-refractivity contribution < 1.29 is 24.5 Å². The number of ether oxygens (including phenoxy) is 1. The van der Waals surface area contributed by atoms with Crippen LogP contribution in [0.25, 0.3) is 0 Å². The molecule has 2 amide bonds. The third-order valence-corrected chi connectivity index (χ3v) is 10.4. The number of carbonyl (C=O) groups excluding carboxylic acids is 2. The van der Waals surface area contributed by atoms with Gasteiger partial charge in [-0.05, 0) is 55.6 Å². The Morgan fingerprint density at radius 3 is 2.58 bits per heavy atom. The average Bonchev–Trinajstić information content (AvgIpc) is 3.56. The predicted molar refractivity (Wildman–Crippen MR) is 146 cm³/mol. The molecule has 2 saturated carbocycles. The molecule has 2 aromatic rings. The number of aliphatic hydroxyl groups excluding tert-OH is 2. The Balaban J connectivity index is 1.39. The van der Waals surface area contributed by atoms with Crippen LogP contribution in [0.5, 0.6) is 5.75 Å². The molecule has 206 valence electrons. The minimum Gasteiger partial charge on any atom is -0.484 e. The van der Waals surface area contributed by atoms with Gasteiger partial charge in [0.2, 0.25) is 5.91 Å². The molecule has 3 aliphatic rings. The summed E-state index contributed by atoms with van der Waals surface area (Å²) >= 11 is 1.42. The standard InChI is InChI=1S/C29H39N3O5S/c1-28-13-12-23(34)29(2,17-33)22(28)15-21-26(20(28)14-24(35)30-18-8-6-7-9-18)32-27(38-21)31-25(36)16-37-19-10-4-3-5-11-19/h3-5,10-11,18,20,22-23,33-34H,6-9,12-17H2,1-2H3,(H,30,35)(H,31,32,36). The van der Waals surface area contributed by atoms with E-state index < -0.39 is 11.5 Å². The maximum Gasteiger partial charge on any atom is 0.264 e. The Morgan fingerprint density at radius 2 is 1.87 bits per heavy atom. The highest BCUT2D eigenvalue weighted by Gasteiger charge is 2.59. The third-order valence-electron chi connectivity index (χ3n) is 9.36. The van der Waals surface area contributed by atoms with Crippen LogP contribution in [0.2, 0.25) is 0 Å². The van der Waals surface area contributed by atoms with Gasteiger partial charge in [0, 0.05) is 28.7 Å². The maximum absolute atomic E-state index is 13.3. The summed E-state index contributed by atoms with van der Waals surface area (Å²) in [5.74, 6) is 0.161. The summed E-state index contributed by atoms with van der Waals surface area (Å²) in [6, 6.07) is 9.41. The van der Waals surface area contributed by atoms with Crippen molar-refractivity contribution in [1.82, 2.24) is 10.3 Å². The number of anilines is 1. The zero-order valence-corrected chi connectivity index (χ0v) is 23.1. The zero-order chi connectivity index (χ0) is 26.9. The first kappa shape index (κ1) is 27.1. The van der Waals surface area contributed by atoms with Crippen LogP contribution in [0.1, 0.15) is 75.3 Å². The van der Waals surface area contributed by atoms with Crippen molar-refractivity contribution in [3.05, 3.63) is 40.9 Å². The average molecular weight is 542 g/mol. The summed E-state index contributed by atoms with van der Waals surface area (Å²) in [6.45, 7) is 3.91. The van der Waals surface area contributed by atoms with E-state index in [4.69, 9.17) is 9.72 Å². The molecule has 0 bridgehead atoms. The summed E-state index contributed by atoms with van der Waals surface area (Å²) < 4.78 is 5.58. The number of amides is 2. The van der Waals surface area contributed by atoms with E-state index >= 15 is 0 Å². The van der Waals surface area contributed by atoms with Gasteiger partial charge in [-0.15, -0.1) is 11.3 Å². The van der Waals surface area contributed by atoms with Crippen molar-refractivity contribution >= 4 is 28.3 Å². The number of nitrogens with one attached hydrogen (secondary N) is 2. The fraction of sp³-hybridized carbons (Fsp3) is 0.621. The van der Waals surface area contributed by atoms with Gasteiger partial charge in [0.05, 0.1) is 18.4 Å². The summed E-state index contributed by atoms with van der Waals surface area (Å²) in [4.78, 5) is 31.8. The zero-order valence-electron chi connectivity index (χ0n) is 22.2. The Morgan fingerprint density at radius 1 is 1.13 bits per heavy atom. The molecule has 1 heterocycles. The van der Waals surface area contributed by atoms with Crippen molar-refractivity contribution in [3.8, 4) is 5.75 Å². The largest absolute Gasteiger partial charge is 0.484 e. The lowest BCUT2D eigenvalue weighted by atomic mass is 9.47. The molecule has 9 heteroatoms. The van der Waals surface area contributed by atoms with E-state index in [9.17, 15) is 19.8 Å². The van der Waals surface area contributed by atoms with Gasteiger partial charge in [0.25, 0.3) is 5.91 Å². The van der Waals surface area contributed by atoms with E-state index in [-0.39, 0.29) is 48.3 Å². The molecular weight excluding hydrogens is 502 g/mol. The van der Waals surface area contributed by atoms with Crippen LogP contribution in [0.3, 0.4) is 0 Å². The molecule has 0 radical (unpaired) electrons. The molecule has 8 nitrogen and oxygen atoms in total. The van der Waals surface area contributed by atoms with Crippen molar-refractivity contribution in [1.29, 1.82) is 0 Å². The first-order valence-corrected chi connectivity index (χ1v) is 14.6. The number of carbonyl (C=O) groups is 2. The Bertz CT molecular complexity index is 1150. The number of benzene rings is 1. The van der Waals surface area contributed by atoms with E-state index in [1.807, 2.05) is 25.1 Å². The van der Waals surface area contributed by atoms with Gasteiger partial charge in [0.1, 0.15) is 5.75 Å². The lowest BCUT2D eigenvalue weighted by molar-refractivity contribution is -0.144. The van der Waals surface area contributed by atoms with Crippen molar-refractivity contribution in [3.63, 3.8) is 0 Å². The summed E-state index contributed by atoms with van der Waals surface area (Å²) in [7, 11) is 0. The number of hydrogen-bond donors (Lipinski definition) is 4. The highest BCUT2D eigenvalue weighted by Crippen LogP contribution is 2.62. The van der Waals surface area contributed by atoms with Gasteiger partial charge in [-0.1, -0.05) is 44.9 Å². The number of rotatable bonds is 8. The molecule has 5 atom stereocenters. The molecule has 0 aliphatic heterocycles. The van der Waals surface area contributed by atoms with Gasteiger partial charge in [-0.2, -0.15) is 0 Å². The van der Waals surface area contributed by atoms with Crippen LogP contribution >= 0.6 is 11.3 Å². The molecule has 1 aromatic heterocycles. The monoisotopic (exact) mass is 541 g/mol. The first-order chi connectivity index (χ1) is 18.2.